The molecule has 0 saturated carbocycles. The number of nitrogens with zero attached hydrogens (tertiary/aromatic N) is 1. The summed E-state index contributed by atoms with van der Waals surface area (Å²) in [6.07, 6.45) is 1.50. The molecule has 1 aromatic rings. The fourth-order valence-electron chi connectivity index (χ4n) is 2.23. The Morgan fingerprint density at radius 3 is 2.90 bits per heavy atom. The zero-order valence-electron chi connectivity index (χ0n) is 11.9. The third-order valence-corrected chi connectivity index (χ3v) is 3.59. The number of amides is 1. The van der Waals surface area contributed by atoms with Crippen molar-refractivity contribution in [2.45, 2.75) is 18.9 Å². The number of halogens is 1. The molecular formula is C15H21ClN2O3. The van der Waals surface area contributed by atoms with Gasteiger partial charge in [0.15, 0.2) is 0 Å². The van der Waals surface area contributed by atoms with Crippen LogP contribution < -0.4 is 10.1 Å². The van der Waals surface area contributed by atoms with Gasteiger partial charge in [0.1, 0.15) is 18.5 Å². The Kier molecular flexibility index (Phi) is 6.29. The molecule has 21 heavy (non-hydrogen) atoms. The van der Waals surface area contributed by atoms with E-state index in [1.165, 1.54) is 0 Å². The van der Waals surface area contributed by atoms with Crippen molar-refractivity contribution in [1.82, 2.24) is 10.2 Å². The molecule has 1 aliphatic heterocycles. The van der Waals surface area contributed by atoms with Crippen molar-refractivity contribution in [3.05, 3.63) is 29.3 Å². The van der Waals surface area contributed by atoms with Gasteiger partial charge in [-0.25, -0.2) is 0 Å². The maximum atomic E-state index is 11.8. The number of nitrogens with one attached hydrogen (secondary N) is 1. The lowest BCUT2D eigenvalue weighted by Gasteiger charge is -2.17. The van der Waals surface area contributed by atoms with E-state index in [0.717, 1.165) is 25.9 Å². The highest BCUT2D eigenvalue weighted by molar-refractivity contribution is 6.30. The number of aliphatic hydroxyl groups excluding tert-OH is 1. The fraction of sp³-hybridized carbons (Fsp3) is 0.533. The van der Waals surface area contributed by atoms with Crippen LogP contribution in [0.2, 0.25) is 5.02 Å². The van der Waals surface area contributed by atoms with Gasteiger partial charge in [0.2, 0.25) is 5.91 Å². The predicted molar refractivity (Wildman–Crippen MR) is 81.6 cm³/mol. The molecule has 1 aromatic carbocycles. The molecule has 0 spiro atoms. The molecule has 1 atom stereocenters. The minimum Gasteiger partial charge on any atom is -0.491 e. The molecule has 0 aromatic heterocycles. The summed E-state index contributed by atoms with van der Waals surface area (Å²) in [6, 6.07) is 7.02. The number of hydrogen-bond acceptors (Lipinski definition) is 4. The summed E-state index contributed by atoms with van der Waals surface area (Å²) >= 11 is 5.84. The Balaban J connectivity index is 1.61. The molecule has 116 valence electrons. The van der Waals surface area contributed by atoms with Gasteiger partial charge in [0.25, 0.3) is 0 Å². The molecule has 5 nitrogen and oxygen atoms in total. The van der Waals surface area contributed by atoms with Crippen molar-refractivity contribution in [3.63, 3.8) is 0 Å². The summed E-state index contributed by atoms with van der Waals surface area (Å²) in [5, 5.41) is 13.4. The molecule has 1 aliphatic rings. The van der Waals surface area contributed by atoms with Crippen LogP contribution in [0.4, 0.5) is 0 Å². The lowest BCUT2D eigenvalue weighted by Crippen LogP contribution is -2.40. The van der Waals surface area contributed by atoms with Crippen LogP contribution in [-0.2, 0) is 4.79 Å². The molecule has 0 radical (unpaired) electrons. The quantitative estimate of drug-likeness (QED) is 0.796. The number of aliphatic hydroxyl groups is 1. The second-order valence-corrected chi connectivity index (χ2v) is 5.58. The lowest BCUT2D eigenvalue weighted by molar-refractivity contribution is -0.129. The molecule has 1 fully saturated rings. The van der Waals surface area contributed by atoms with Gasteiger partial charge < -0.3 is 20.1 Å². The SMILES string of the molecule is O=C(CNCC(O)COc1cccc(Cl)c1)N1CCCC1. The van der Waals surface area contributed by atoms with Gasteiger partial charge in [-0.3, -0.25) is 4.79 Å². The summed E-state index contributed by atoms with van der Waals surface area (Å²) in [5.41, 5.74) is 0. The van der Waals surface area contributed by atoms with Crippen LogP contribution in [0.15, 0.2) is 24.3 Å². The van der Waals surface area contributed by atoms with E-state index in [1.54, 1.807) is 24.3 Å². The van der Waals surface area contributed by atoms with E-state index in [0.29, 0.717) is 17.3 Å². The molecule has 0 bridgehead atoms. The summed E-state index contributed by atoms with van der Waals surface area (Å²) in [7, 11) is 0. The average Bonchev–Trinajstić information content (AvgIpc) is 2.99. The van der Waals surface area contributed by atoms with E-state index in [2.05, 4.69) is 5.32 Å². The maximum Gasteiger partial charge on any atom is 0.236 e. The minimum absolute atomic E-state index is 0.0930. The number of ether oxygens (including phenoxy) is 1. The second-order valence-electron chi connectivity index (χ2n) is 5.14. The Labute approximate surface area is 129 Å². The zero-order valence-corrected chi connectivity index (χ0v) is 12.7. The molecule has 1 unspecified atom stereocenters. The first-order chi connectivity index (χ1) is 10.1. The van der Waals surface area contributed by atoms with Crippen molar-refractivity contribution >= 4 is 17.5 Å². The van der Waals surface area contributed by atoms with E-state index in [4.69, 9.17) is 16.3 Å². The van der Waals surface area contributed by atoms with Gasteiger partial charge in [-0.1, -0.05) is 17.7 Å². The third-order valence-electron chi connectivity index (χ3n) is 3.35. The number of benzene rings is 1. The first-order valence-corrected chi connectivity index (χ1v) is 7.58. The molecule has 1 heterocycles. The van der Waals surface area contributed by atoms with Crippen LogP contribution in [0.5, 0.6) is 5.75 Å². The Bertz CT molecular complexity index is 464. The van der Waals surface area contributed by atoms with Gasteiger partial charge in [0, 0.05) is 24.7 Å². The summed E-state index contributed by atoms with van der Waals surface area (Å²) in [6.45, 7) is 2.43. The van der Waals surface area contributed by atoms with E-state index in [-0.39, 0.29) is 19.1 Å². The van der Waals surface area contributed by atoms with Crippen molar-refractivity contribution in [1.29, 1.82) is 0 Å². The first kappa shape index (κ1) is 16.1. The van der Waals surface area contributed by atoms with Crippen molar-refractivity contribution < 1.29 is 14.6 Å². The molecule has 0 aliphatic carbocycles. The Morgan fingerprint density at radius 1 is 1.43 bits per heavy atom. The number of carbonyl (C=O) groups is 1. The van der Waals surface area contributed by atoms with Crippen molar-refractivity contribution in [2.24, 2.45) is 0 Å². The molecule has 2 rings (SSSR count). The summed E-state index contributed by atoms with van der Waals surface area (Å²) in [4.78, 5) is 13.6. The average molecular weight is 313 g/mol. The van der Waals surface area contributed by atoms with Gasteiger partial charge in [-0.15, -0.1) is 0 Å². The van der Waals surface area contributed by atoms with E-state index >= 15 is 0 Å². The normalized spacial score (nSPS) is 16.0. The van der Waals surface area contributed by atoms with Crippen molar-refractivity contribution in [2.75, 3.05) is 32.8 Å². The molecule has 1 saturated heterocycles. The molecule has 1 amide bonds. The van der Waals surface area contributed by atoms with Crippen LogP contribution in [0, 0.1) is 0 Å². The number of hydrogen-bond donors (Lipinski definition) is 2. The first-order valence-electron chi connectivity index (χ1n) is 7.20. The maximum absolute atomic E-state index is 11.8. The van der Waals surface area contributed by atoms with Crippen LogP contribution in [0.3, 0.4) is 0 Å². The van der Waals surface area contributed by atoms with E-state index in [1.807, 2.05) is 4.90 Å². The highest BCUT2D eigenvalue weighted by Crippen LogP contribution is 2.17. The largest absolute Gasteiger partial charge is 0.491 e. The van der Waals surface area contributed by atoms with Crippen LogP contribution in [-0.4, -0.2) is 54.8 Å². The third kappa shape index (κ3) is 5.53. The monoisotopic (exact) mass is 312 g/mol. The van der Waals surface area contributed by atoms with Crippen LogP contribution in [0.1, 0.15) is 12.8 Å². The molecule has 2 N–H and O–H groups in total. The number of carbonyl (C=O) groups excluding carboxylic acids is 1. The Morgan fingerprint density at radius 2 is 2.19 bits per heavy atom. The highest BCUT2D eigenvalue weighted by atomic mass is 35.5. The van der Waals surface area contributed by atoms with Gasteiger partial charge in [-0.05, 0) is 31.0 Å². The standard InChI is InChI=1S/C15H21ClN2O3/c16-12-4-3-5-14(8-12)21-11-13(19)9-17-10-15(20)18-6-1-2-7-18/h3-5,8,13,17,19H,1-2,6-7,9-11H2. The molecule has 6 heteroatoms. The van der Waals surface area contributed by atoms with Gasteiger partial charge >= 0.3 is 0 Å². The smallest absolute Gasteiger partial charge is 0.236 e. The van der Waals surface area contributed by atoms with Gasteiger partial charge in [-0.2, -0.15) is 0 Å². The van der Waals surface area contributed by atoms with E-state index in [9.17, 15) is 9.90 Å². The second kappa shape index (κ2) is 8.22. The lowest BCUT2D eigenvalue weighted by atomic mass is 10.3. The zero-order chi connectivity index (χ0) is 15.1. The van der Waals surface area contributed by atoms with Crippen LogP contribution in [0.25, 0.3) is 0 Å². The summed E-state index contributed by atoms with van der Waals surface area (Å²) in [5.74, 6) is 0.713. The van der Waals surface area contributed by atoms with Crippen LogP contribution >= 0.6 is 11.6 Å². The minimum atomic E-state index is -0.671. The van der Waals surface area contributed by atoms with Gasteiger partial charge in [0.05, 0.1) is 6.54 Å². The van der Waals surface area contributed by atoms with E-state index < -0.39 is 6.10 Å². The highest BCUT2D eigenvalue weighted by Gasteiger charge is 2.17. The predicted octanol–water partition coefficient (Wildman–Crippen LogP) is 1.29. The number of rotatable bonds is 7. The topological polar surface area (TPSA) is 61.8 Å². The molecular weight excluding hydrogens is 292 g/mol. The number of likely N-dealkylation sites (tertiary alicyclic amines) is 1. The Hall–Kier alpha value is -1.30. The summed E-state index contributed by atoms with van der Waals surface area (Å²) < 4.78 is 5.44. The fourth-order valence-corrected chi connectivity index (χ4v) is 2.41. The van der Waals surface area contributed by atoms with Crippen molar-refractivity contribution in [3.8, 4) is 5.75 Å².